The van der Waals surface area contributed by atoms with Crippen LogP contribution in [-0.2, 0) is 11.3 Å². The Morgan fingerprint density at radius 3 is 3.12 bits per heavy atom. The number of fused-ring (bicyclic) bond motifs is 1. The van der Waals surface area contributed by atoms with Gasteiger partial charge in [-0.15, -0.1) is 16.4 Å². The Balaban J connectivity index is 1.37. The molecule has 3 aromatic heterocycles. The van der Waals surface area contributed by atoms with Crippen LogP contribution in [0.5, 0.6) is 0 Å². The van der Waals surface area contributed by atoms with Crippen molar-refractivity contribution in [3.8, 4) is 0 Å². The number of anilines is 1. The van der Waals surface area contributed by atoms with Crippen LogP contribution < -0.4 is 5.32 Å². The topological polar surface area (TPSA) is 85.6 Å². The highest BCUT2D eigenvalue weighted by atomic mass is 32.2. The zero-order chi connectivity index (χ0) is 17.9. The Bertz CT molecular complexity index is 1040. The number of amides is 1. The number of halogens is 1. The molecule has 4 rings (SSSR count). The quantitative estimate of drug-likeness (QED) is 0.495. The number of thiazole rings is 1. The molecule has 1 N–H and O–H groups in total. The van der Waals surface area contributed by atoms with Gasteiger partial charge in [0.2, 0.25) is 11.1 Å². The van der Waals surface area contributed by atoms with Crippen molar-refractivity contribution in [1.82, 2.24) is 25.2 Å². The lowest BCUT2D eigenvalue weighted by Gasteiger charge is -2.03. The summed E-state index contributed by atoms with van der Waals surface area (Å²) in [7, 11) is 0. The molecule has 0 aliphatic rings. The number of carbonyl (C=O) groups excluding carboxylic acids is 1. The summed E-state index contributed by atoms with van der Waals surface area (Å²) in [4.78, 5) is 17.6. The molecule has 26 heavy (non-hydrogen) atoms. The van der Waals surface area contributed by atoms with E-state index in [0.29, 0.717) is 27.0 Å². The molecule has 0 unspecified atom stereocenters. The van der Waals surface area contributed by atoms with Crippen LogP contribution in [0.15, 0.2) is 40.9 Å². The molecule has 132 valence electrons. The van der Waals surface area contributed by atoms with Crippen LogP contribution in [0.25, 0.3) is 10.2 Å². The van der Waals surface area contributed by atoms with Gasteiger partial charge in [-0.2, -0.15) is 0 Å². The van der Waals surface area contributed by atoms with Gasteiger partial charge in [0, 0.05) is 4.88 Å². The average molecular weight is 406 g/mol. The van der Waals surface area contributed by atoms with Gasteiger partial charge >= 0.3 is 0 Å². The predicted molar refractivity (Wildman–Crippen MR) is 100 cm³/mol. The van der Waals surface area contributed by atoms with Gasteiger partial charge in [0.1, 0.15) is 5.82 Å². The van der Waals surface area contributed by atoms with Crippen molar-refractivity contribution >= 4 is 55.7 Å². The summed E-state index contributed by atoms with van der Waals surface area (Å²) in [6, 6.07) is 8.30. The van der Waals surface area contributed by atoms with E-state index in [1.165, 1.54) is 35.2 Å². The van der Waals surface area contributed by atoms with Gasteiger partial charge in [-0.05, 0) is 40.1 Å². The number of hydrogen-bond acceptors (Lipinski definition) is 8. The molecule has 3 heterocycles. The van der Waals surface area contributed by atoms with Crippen molar-refractivity contribution in [2.75, 3.05) is 11.1 Å². The monoisotopic (exact) mass is 406 g/mol. The van der Waals surface area contributed by atoms with Crippen LogP contribution in [0.1, 0.15) is 4.88 Å². The Labute approximate surface area is 159 Å². The minimum Gasteiger partial charge on any atom is -0.301 e. The Morgan fingerprint density at radius 1 is 1.35 bits per heavy atom. The molecular formula is C15H11FN6OS3. The van der Waals surface area contributed by atoms with E-state index in [2.05, 4.69) is 25.8 Å². The second kappa shape index (κ2) is 7.48. The zero-order valence-electron chi connectivity index (χ0n) is 13.1. The zero-order valence-corrected chi connectivity index (χ0v) is 15.6. The number of nitrogens with zero attached hydrogens (tertiary/aromatic N) is 5. The lowest BCUT2D eigenvalue weighted by atomic mass is 10.3. The summed E-state index contributed by atoms with van der Waals surface area (Å²) in [5, 5.41) is 17.3. The molecular weight excluding hydrogens is 395 g/mol. The largest absolute Gasteiger partial charge is 0.301 e. The van der Waals surface area contributed by atoms with Gasteiger partial charge in [0.15, 0.2) is 5.13 Å². The third-order valence-corrected chi connectivity index (χ3v) is 6.07. The average Bonchev–Trinajstić information content (AvgIpc) is 3.34. The number of benzene rings is 1. The standard InChI is InChI=1S/C15H11FN6OS3/c16-9-3-4-11-12(6-9)26-14(17-11)18-13(23)8-25-15-19-20-21-22(15)7-10-2-1-5-24-10/h1-6H,7-8H2,(H,17,18,23). The van der Waals surface area contributed by atoms with Gasteiger partial charge in [-0.25, -0.2) is 14.1 Å². The van der Waals surface area contributed by atoms with E-state index in [-0.39, 0.29) is 17.5 Å². The smallest absolute Gasteiger partial charge is 0.236 e. The third kappa shape index (κ3) is 3.89. The van der Waals surface area contributed by atoms with Crippen LogP contribution in [0.3, 0.4) is 0 Å². The fraction of sp³-hybridized carbons (Fsp3) is 0.133. The van der Waals surface area contributed by atoms with Gasteiger partial charge < -0.3 is 5.32 Å². The van der Waals surface area contributed by atoms with Crippen molar-refractivity contribution in [2.24, 2.45) is 0 Å². The SMILES string of the molecule is O=C(CSc1nnnn1Cc1cccs1)Nc1nc2ccc(F)cc2s1. The molecule has 7 nitrogen and oxygen atoms in total. The summed E-state index contributed by atoms with van der Waals surface area (Å²) in [6.07, 6.45) is 0. The minimum absolute atomic E-state index is 0.148. The van der Waals surface area contributed by atoms with E-state index in [1.807, 2.05) is 17.5 Å². The maximum absolute atomic E-state index is 13.2. The van der Waals surface area contributed by atoms with Crippen molar-refractivity contribution in [3.05, 3.63) is 46.4 Å². The van der Waals surface area contributed by atoms with Crippen molar-refractivity contribution in [3.63, 3.8) is 0 Å². The van der Waals surface area contributed by atoms with Crippen LogP contribution in [-0.4, -0.2) is 36.9 Å². The van der Waals surface area contributed by atoms with Crippen LogP contribution in [0, 0.1) is 5.82 Å². The molecule has 4 aromatic rings. The van der Waals surface area contributed by atoms with E-state index in [9.17, 15) is 9.18 Å². The first-order chi connectivity index (χ1) is 12.7. The Kier molecular flexibility index (Phi) is 4.91. The fourth-order valence-electron chi connectivity index (χ4n) is 2.19. The lowest BCUT2D eigenvalue weighted by molar-refractivity contribution is -0.113. The van der Waals surface area contributed by atoms with Gasteiger partial charge in [0.05, 0.1) is 22.5 Å². The first kappa shape index (κ1) is 17.1. The molecule has 0 radical (unpaired) electrons. The molecule has 0 fully saturated rings. The van der Waals surface area contributed by atoms with Gasteiger partial charge in [-0.3, -0.25) is 4.79 Å². The Hall–Kier alpha value is -2.37. The van der Waals surface area contributed by atoms with Crippen LogP contribution in [0.4, 0.5) is 9.52 Å². The molecule has 11 heteroatoms. The second-order valence-electron chi connectivity index (χ2n) is 5.17. The van der Waals surface area contributed by atoms with Crippen LogP contribution in [0.2, 0.25) is 0 Å². The van der Waals surface area contributed by atoms with Crippen molar-refractivity contribution in [1.29, 1.82) is 0 Å². The van der Waals surface area contributed by atoms with E-state index in [0.717, 1.165) is 4.88 Å². The molecule has 0 saturated carbocycles. The van der Waals surface area contributed by atoms with E-state index in [4.69, 9.17) is 0 Å². The number of hydrogen-bond donors (Lipinski definition) is 1. The highest BCUT2D eigenvalue weighted by molar-refractivity contribution is 7.99. The van der Waals surface area contributed by atoms with E-state index < -0.39 is 0 Å². The molecule has 1 amide bonds. The molecule has 0 aliphatic heterocycles. The summed E-state index contributed by atoms with van der Waals surface area (Å²) in [6.45, 7) is 0.568. The maximum Gasteiger partial charge on any atom is 0.236 e. The maximum atomic E-state index is 13.2. The number of tetrazole rings is 1. The summed E-state index contributed by atoms with van der Waals surface area (Å²) < 4.78 is 15.6. The highest BCUT2D eigenvalue weighted by Crippen LogP contribution is 2.26. The summed E-state index contributed by atoms with van der Waals surface area (Å²) in [5.74, 6) is -0.401. The number of carbonyl (C=O) groups is 1. The highest BCUT2D eigenvalue weighted by Gasteiger charge is 2.13. The molecule has 0 saturated heterocycles. The molecule has 0 aliphatic carbocycles. The first-order valence-corrected chi connectivity index (χ1v) is 10.1. The van der Waals surface area contributed by atoms with E-state index in [1.54, 1.807) is 22.1 Å². The number of thiophene rings is 1. The first-order valence-electron chi connectivity index (χ1n) is 7.45. The summed E-state index contributed by atoms with van der Waals surface area (Å²) in [5.41, 5.74) is 0.652. The normalized spacial score (nSPS) is 11.1. The fourth-order valence-corrected chi connectivity index (χ4v) is 4.46. The predicted octanol–water partition coefficient (Wildman–Crippen LogP) is 3.26. The molecule has 0 bridgehead atoms. The van der Waals surface area contributed by atoms with Gasteiger partial charge in [-0.1, -0.05) is 29.2 Å². The van der Waals surface area contributed by atoms with Crippen LogP contribution >= 0.6 is 34.4 Å². The summed E-state index contributed by atoms with van der Waals surface area (Å²) >= 11 is 4.10. The van der Waals surface area contributed by atoms with E-state index >= 15 is 0 Å². The van der Waals surface area contributed by atoms with Gasteiger partial charge in [0.25, 0.3) is 0 Å². The molecule has 0 spiro atoms. The molecule has 0 atom stereocenters. The Morgan fingerprint density at radius 2 is 2.27 bits per heavy atom. The lowest BCUT2D eigenvalue weighted by Crippen LogP contribution is -2.14. The number of aromatic nitrogens is 5. The number of nitrogens with one attached hydrogen (secondary N) is 1. The third-order valence-electron chi connectivity index (χ3n) is 3.31. The minimum atomic E-state index is -0.327. The van der Waals surface area contributed by atoms with Crippen molar-refractivity contribution < 1.29 is 9.18 Å². The van der Waals surface area contributed by atoms with Crippen molar-refractivity contribution in [2.45, 2.75) is 11.7 Å². The number of thioether (sulfide) groups is 1. The molecule has 1 aromatic carbocycles. The second-order valence-corrected chi connectivity index (χ2v) is 8.17. The number of rotatable bonds is 6.